The van der Waals surface area contributed by atoms with Crippen LogP contribution in [0.1, 0.15) is 58.7 Å². The van der Waals surface area contributed by atoms with Crippen LogP contribution in [-0.2, 0) is 0 Å². The van der Waals surface area contributed by atoms with Gasteiger partial charge in [0, 0.05) is 6.07 Å². The third-order valence-electron chi connectivity index (χ3n) is 3.77. The third kappa shape index (κ3) is 2.64. The molecule has 96 valence electrons. The molecule has 1 fully saturated rings. The van der Waals surface area contributed by atoms with Gasteiger partial charge in [-0.05, 0) is 37.0 Å². The molecule has 1 aromatic heterocycles. The predicted octanol–water partition coefficient (Wildman–Crippen LogP) is 3.55. The highest BCUT2D eigenvalue weighted by atomic mass is 15.3. The molecule has 2 N–H and O–H groups in total. The lowest BCUT2D eigenvalue weighted by atomic mass is 9.63. The SMILES string of the molecule is Cc1cc(N)n(C2CC(C)(C)CC(C)(C)C2)n1. The largest absolute Gasteiger partial charge is 0.384 e. The molecular weight excluding hydrogens is 210 g/mol. The van der Waals surface area contributed by atoms with Gasteiger partial charge in [0.2, 0.25) is 0 Å². The molecule has 0 aliphatic heterocycles. The Kier molecular flexibility index (Phi) is 2.75. The zero-order chi connectivity index (χ0) is 12.8. The van der Waals surface area contributed by atoms with E-state index in [-0.39, 0.29) is 0 Å². The van der Waals surface area contributed by atoms with Crippen LogP contribution in [0.2, 0.25) is 0 Å². The molecule has 0 saturated heterocycles. The molecule has 3 nitrogen and oxygen atoms in total. The van der Waals surface area contributed by atoms with Crippen LogP contribution in [-0.4, -0.2) is 9.78 Å². The highest BCUT2D eigenvalue weighted by molar-refractivity contribution is 5.31. The van der Waals surface area contributed by atoms with E-state index in [0.29, 0.717) is 16.9 Å². The van der Waals surface area contributed by atoms with Crippen molar-refractivity contribution >= 4 is 5.82 Å². The van der Waals surface area contributed by atoms with E-state index in [1.54, 1.807) is 0 Å². The summed E-state index contributed by atoms with van der Waals surface area (Å²) in [4.78, 5) is 0. The monoisotopic (exact) mass is 235 g/mol. The van der Waals surface area contributed by atoms with Crippen molar-refractivity contribution in [1.82, 2.24) is 9.78 Å². The van der Waals surface area contributed by atoms with Gasteiger partial charge in [-0.2, -0.15) is 5.10 Å². The van der Waals surface area contributed by atoms with Crippen LogP contribution in [0.3, 0.4) is 0 Å². The average Bonchev–Trinajstić information content (AvgIpc) is 2.39. The van der Waals surface area contributed by atoms with Crippen LogP contribution in [0, 0.1) is 17.8 Å². The maximum absolute atomic E-state index is 6.05. The Labute approximate surface area is 104 Å². The lowest BCUT2D eigenvalue weighted by Gasteiger charge is -2.45. The summed E-state index contributed by atoms with van der Waals surface area (Å²) in [5, 5.41) is 4.56. The van der Waals surface area contributed by atoms with Crippen LogP contribution in [0.5, 0.6) is 0 Å². The number of nitrogens with zero attached hydrogens (tertiary/aromatic N) is 2. The number of hydrogen-bond acceptors (Lipinski definition) is 2. The zero-order valence-electron chi connectivity index (χ0n) is 11.7. The Hall–Kier alpha value is -0.990. The Morgan fingerprint density at radius 1 is 1.24 bits per heavy atom. The summed E-state index contributed by atoms with van der Waals surface area (Å²) in [5.74, 6) is 0.806. The molecule has 3 heteroatoms. The summed E-state index contributed by atoms with van der Waals surface area (Å²) in [7, 11) is 0. The van der Waals surface area contributed by atoms with Gasteiger partial charge in [-0.3, -0.25) is 0 Å². The Morgan fingerprint density at radius 2 is 1.76 bits per heavy atom. The number of aryl methyl sites for hydroxylation is 1. The summed E-state index contributed by atoms with van der Waals surface area (Å²) < 4.78 is 2.04. The van der Waals surface area contributed by atoms with E-state index in [0.717, 1.165) is 11.5 Å². The van der Waals surface area contributed by atoms with Gasteiger partial charge in [-0.15, -0.1) is 0 Å². The van der Waals surface area contributed by atoms with Crippen molar-refractivity contribution in [2.75, 3.05) is 5.73 Å². The summed E-state index contributed by atoms with van der Waals surface area (Å²) in [6.45, 7) is 11.4. The summed E-state index contributed by atoms with van der Waals surface area (Å²) in [5.41, 5.74) is 7.81. The van der Waals surface area contributed by atoms with Crippen LogP contribution in [0.4, 0.5) is 5.82 Å². The highest BCUT2D eigenvalue weighted by Crippen LogP contribution is 2.50. The molecular formula is C14H25N3. The van der Waals surface area contributed by atoms with Gasteiger partial charge in [-0.25, -0.2) is 4.68 Å². The van der Waals surface area contributed by atoms with Crippen LogP contribution in [0.25, 0.3) is 0 Å². The molecule has 0 unspecified atom stereocenters. The van der Waals surface area contributed by atoms with Gasteiger partial charge in [0.05, 0.1) is 11.7 Å². The molecule has 0 amide bonds. The van der Waals surface area contributed by atoms with Gasteiger partial charge < -0.3 is 5.73 Å². The molecule has 0 aromatic carbocycles. The fourth-order valence-electron chi connectivity index (χ4n) is 3.79. The molecule has 0 spiro atoms. The number of nitrogens with two attached hydrogens (primary N) is 1. The summed E-state index contributed by atoms with van der Waals surface area (Å²) in [6, 6.07) is 2.41. The highest BCUT2D eigenvalue weighted by Gasteiger charge is 2.39. The maximum Gasteiger partial charge on any atom is 0.122 e. The minimum atomic E-state index is 0.374. The predicted molar refractivity (Wildman–Crippen MR) is 71.8 cm³/mol. The number of hydrogen-bond donors (Lipinski definition) is 1. The molecule has 1 aliphatic carbocycles. The van der Waals surface area contributed by atoms with Crippen molar-refractivity contribution in [1.29, 1.82) is 0 Å². The van der Waals surface area contributed by atoms with Crippen LogP contribution < -0.4 is 5.73 Å². The second-order valence-electron chi connectivity index (χ2n) is 7.22. The fourth-order valence-corrected chi connectivity index (χ4v) is 3.79. The van der Waals surface area contributed by atoms with E-state index in [9.17, 15) is 0 Å². The topological polar surface area (TPSA) is 43.8 Å². The minimum absolute atomic E-state index is 0.374. The lowest BCUT2D eigenvalue weighted by molar-refractivity contribution is 0.0681. The molecule has 2 rings (SSSR count). The standard InChI is InChI=1S/C14H25N3/c1-10-6-12(15)17(16-10)11-7-13(2,3)9-14(4,5)8-11/h6,11H,7-9,15H2,1-5H3. The van der Waals surface area contributed by atoms with Gasteiger partial charge in [-0.1, -0.05) is 27.7 Å². The quantitative estimate of drug-likeness (QED) is 0.809. The van der Waals surface area contributed by atoms with Gasteiger partial charge in [0.1, 0.15) is 5.82 Å². The molecule has 17 heavy (non-hydrogen) atoms. The average molecular weight is 235 g/mol. The van der Waals surface area contributed by atoms with Crippen molar-refractivity contribution in [3.05, 3.63) is 11.8 Å². The van der Waals surface area contributed by atoms with Crippen molar-refractivity contribution in [2.45, 2.75) is 59.9 Å². The minimum Gasteiger partial charge on any atom is -0.384 e. The van der Waals surface area contributed by atoms with Gasteiger partial charge in [0.25, 0.3) is 0 Å². The first-order valence-electron chi connectivity index (χ1n) is 6.50. The summed E-state index contributed by atoms with van der Waals surface area (Å²) in [6.07, 6.45) is 3.61. The fraction of sp³-hybridized carbons (Fsp3) is 0.786. The zero-order valence-corrected chi connectivity index (χ0v) is 11.7. The lowest BCUT2D eigenvalue weighted by Crippen LogP contribution is -2.35. The Balaban J connectivity index is 2.30. The van der Waals surface area contributed by atoms with E-state index in [2.05, 4.69) is 32.8 Å². The third-order valence-corrected chi connectivity index (χ3v) is 3.77. The molecule has 0 atom stereocenters. The van der Waals surface area contributed by atoms with Gasteiger partial charge >= 0.3 is 0 Å². The Bertz CT molecular complexity index is 399. The first kappa shape index (κ1) is 12.5. The maximum atomic E-state index is 6.05. The Morgan fingerprint density at radius 3 is 2.18 bits per heavy atom. The second kappa shape index (κ2) is 3.76. The molecule has 1 aromatic rings. The van der Waals surface area contributed by atoms with Crippen molar-refractivity contribution in [3.8, 4) is 0 Å². The molecule has 1 saturated carbocycles. The summed E-state index contributed by atoms with van der Waals surface area (Å²) >= 11 is 0. The van der Waals surface area contributed by atoms with E-state index in [1.165, 1.54) is 19.3 Å². The number of nitrogen functional groups attached to an aromatic ring is 1. The van der Waals surface area contributed by atoms with E-state index in [4.69, 9.17) is 5.73 Å². The first-order chi connectivity index (χ1) is 7.69. The molecule has 0 bridgehead atoms. The van der Waals surface area contributed by atoms with Gasteiger partial charge in [0.15, 0.2) is 0 Å². The van der Waals surface area contributed by atoms with Crippen molar-refractivity contribution in [3.63, 3.8) is 0 Å². The molecule has 0 radical (unpaired) electrons. The smallest absolute Gasteiger partial charge is 0.122 e. The van der Waals surface area contributed by atoms with Crippen LogP contribution >= 0.6 is 0 Å². The van der Waals surface area contributed by atoms with Crippen molar-refractivity contribution in [2.24, 2.45) is 10.8 Å². The van der Waals surface area contributed by atoms with E-state index >= 15 is 0 Å². The number of aromatic nitrogens is 2. The first-order valence-corrected chi connectivity index (χ1v) is 6.50. The normalized spacial score (nSPS) is 23.8. The van der Waals surface area contributed by atoms with E-state index < -0.39 is 0 Å². The van der Waals surface area contributed by atoms with Crippen molar-refractivity contribution < 1.29 is 0 Å². The molecule has 1 aliphatic rings. The number of anilines is 1. The van der Waals surface area contributed by atoms with Crippen LogP contribution in [0.15, 0.2) is 6.07 Å². The van der Waals surface area contributed by atoms with E-state index in [1.807, 2.05) is 17.7 Å². The molecule has 1 heterocycles. The number of rotatable bonds is 1. The second-order valence-corrected chi connectivity index (χ2v) is 7.22.